The lowest BCUT2D eigenvalue weighted by atomic mass is 10.2. The Morgan fingerprint density at radius 1 is 1.56 bits per heavy atom. The number of anilines is 1. The largest absolute Gasteiger partial charge is 0.469 e. The van der Waals surface area contributed by atoms with Crippen molar-refractivity contribution in [3.8, 4) is 0 Å². The maximum atomic E-state index is 11.6. The average molecular weight is 266 g/mol. The van der Waals surface area contributed by atoms with Crippen molar-refractivity contribution in [3.63, 3.8) is 0 Å². The summed E-state index contributed by atoms with van der Waals surface area (Å²) in [5, 5.41) is 14.4. The van der Waals surface area contributed by atoms with E-state index < -0.39 is 0 Å². The molecule has 2 heterocycles. The summed E-state index contributed by atoms with van der Waals surface area (Å²) in [6.45, 7) is 3.74. The van der Waals surface area contributed by atoms with Gasteiger partial charge in [0, 0.05) is 12.5 Å². The third-order valence-corrected chi connectivity index (χ3v) is 2.97. The van der Waals surface area contributed by atoms with Crippen LogP contribution in [0.2, 0.25) is 0 Å². The number of carbonyl (C=O) groups is 1. The highest BCUT2D eigenvalue weighted by molar-refractivity contribution is 7.15. The summed E-state index contributed by atoms with van der Waals surface area (Å²) in [5.74, 6) is 0.842. The highest BCUT2D eigenvalue weighted by Gasteiger charge is 2.11. The minimum absolute atomic E-state index is 0.0230. The molecular formula is C11H14N4O2S. The molecule has 0 aliphatic rings. The molecule has 0 saturated heterocycles. The summed E-state index contributed by atoms with van der Waals surface area (Å²) >= 11 is 1.34. The summed E-state index contributed by atoms with van der Waals surface area (Å²) in [4.78, 5) is 11.6. The van der Waals surface area contributed by atoms with Gasteiger partial charge in [0.15, 0.2) is 0 Å². The van der Waals surface area contributed by atoms with Crippen LogP contribution in [0.5, 0.6) is 0 Å². The Balaban J connectivity index is 1.80. The van der Waals surface area contributed by atoms with Gasteiger partial charge in [0.25, 0.3) is 0 Å². The molecule has 2 aromatic rings. The summed E-state index contributed by atoms with van der Waals surface area (Å²) in [6.07, 6.45) is 2.27. The van der Waals surface area contributed by atoms with Crippen molar-refractivity contribution in [2.24, 2.45) is 0 Å². The molecule has 1 unspecified atom stereocenters. The molecule has 0 aliphatic carbocycles. The SMILES string of the molecule is Cc1nnc(NC(=O)NC(C)Cc2ccco2)s1. The van der Waals surface area contributed by atoms with Crippen molar-refractivity contribution in [3.05, 3.63) is 29.2 Å². The minimum atomic E-state index is -0.287. The van der Waals surface area contributed by atoms with Gasteiger partial charge in [-0.15, -0.1) is 10.2 Å². The average Bonchev–Trinajstić information content (AvgIpc) is 2.90. The number of furan rings is 1. The first-order valence-electron chi connectivity index (χ1n) is 5.53. The highest BCUT2D eigenvalue weighted by Crippen LogP contribution is 2.13. The Hall–Kier alpha value is -1.89. The third-order valence-electron chi connectivity index (χ3n) is 2.21. The van der Waals surface area contributed by atoms with Gasteiger partial charge in [-0.1, -0.05) is 11.3 Å². The molecule has 6 nitrogen and oxygen atoms in total. The second kappa shape index (κ2) is 5.63. The molecule has 18 heavy (non-hydrogen) atoms. The molecule has 2 rings (SSSR count). The summed E-state index contributed by atoms with van der Waals surface area (Å²) in [5.41, 5.74) is 0. The number of amides is 2. The monoisotopic (exact) mass is 266 g/mol. The van der Waals surface area contributed by atoms with Crippen molar-refractivity contribution >= 4 is 22.5 Å². The Labute approximate surface area is 108 Å². The zero-order chi connectivity index (χ0) is 13.0. The second-order valence-electron chi connectivity index (χ2n) is 3.91. The molecule has 2 amide bonds. The Morgan fingerprint density at radius 3 is 3.00 bits per heavy atom. The lowest BCUT2D eigenvalue weighted by Crippen LogP contribution is -2.37. The van der Waals surface area contributed by atoms with Gasteiger partial charge in [-0.25, -0.2) is 4.79 Å². The molecule has 2 N–H and O–H groups in total. The van der Waals surface area contributed by atoms with Crippen LogP contribution in [0.4, 0.5) is 9.93 Å². The molecule has 2 aromatic heterocycles. The van der Waals surface area contributed by atoms with Crippen molar-refractivity contribution in [2.75, 3.05) is 5.32 Å². The van der Waals surface area contributed by atoms with Crippen molar-refractivity contribution in [1.29, 1.82) is 0 Å². The van der Waals surface area contributed by atoms with Crippen molar-refractivity contribution < 1.29 is 9.21 Å². The molecular weight excluding hydrogens is 252 g/mol. The highest BCUT2D eigenvalue weighted by atomic mass is 32.1. The van der Waals surface area contributed by atoms with E-state index in [0.717, 1.165) is 10.8 Å². The van der Waals surface area contributed by atoms with Crippen LogP contribution in [0, 0.1) is 6.92 Å². The quantitative estimate of drug-likeness (QED) is 0.889. The van der Waals surface area contributed by atoms with E-state index in [0.29, 0.717) is 11.6 Å². The van der Waals surface area contributed by atoms with Gasteiger partial charge >= 0.3 is 6.03 Å². The van der Waals surface area contributed by atoms with E-state index in [1.54, 1.807) is 6.26 Å². The van der Waals surface area contributed by atoms with Crippen molar-refractivity contribution in [1.82, 2.24) is 15.5 Å². The van der Waals surface area contributed by atoms with Crippen LogP contribution in [-0.4, -0.2) is 22.3 Å². The third kappa shape index (κ3) is 3.56. The fourth-order valence-electron chi connectivity index (χ4n) is 1.49. The number of aromatic nitrogens is 2. The zero-order valence-electron chi connectivity index (χ0n) is 10.1. The first-order chi connectivity index (χ1) is 8.63. The van der Waals surface area contributed by atoms with Crippen molar-refractivity contribution in [2.45, 2.75) is 26.3 Å². The van der Waals surface area contributed by atoms with E-state index in [9.17, 15) is 4.79 Å². The molecule has 0 fully saturated rings. The van der Waals surface area contributed by atoms with Crippen LogP contribution in [0.3, 0.4) is 0 Å². The smallest absolute Gasteiger partial charge is 0.321 e. The van der Waals surface area contributed by atoms with E-state index in [1.165, 1.54) is 11.3 Å². The number of nitrogens with zero attached hydrogens (tertiary/aromatic N) is 2. The van der Waals surface area contributed by atoms with Crippen LogP contribution in [0.1, 0.15) is 17.7 Å². The fourth-order valence-corrected chi connectivity index (χ4v) is 2.07. The maximum Gasteiger partial charge on any atom is 0.321 e. The molecule has 7 heteroatoms. The zero-order valence-corrected chi connectivity index (χ0v) is 11.0. The van der Waals surface area contributed by atoms with Crippen LogP contribution >= 0.6 is 11.3 Å². The van der Waals surface area contributed by atoms with E-state index >= 15 is 0 Å². The van der Waals surface area contributed by atoms with Gasteiger partial charge in [-0.05, 0) is 26.0 Å². The Morgan fingerprint density at radius 2 is 2.39 bits per heavy atom. The molecule has 0 bridgehead atoms. The summed E-state index contributed by atoms with van der Waals surface area (Å²) < 4.78 is 5.22. The number of hydrogen-bond donors (Lipinski definition) is 2. The first kappa shape index (κ1) is 12.6. The van der Waals surface area contributed by atoms with Gasteiger partial charge in [0.05, 0.1) is 6.26 Å². The number of carbonyl (C=O) groups excluding carboxylic acids is 1. The van der Waals surface area contributed by atoms with Crippen LogP contribution in [0.15, 0.2) is 22.8 Å². The normalized spacial score (nSPS) is 12.1. The van der Waals surface area contributed by atoms with E-state index in [1.807, 2.05) is 26.0 Å². The standard InChI is InChI=1S/C11H14N4O2S/c1-7(6-9-4-3-5-17-9)12-10(16)13-11-15-14-8(2)18-11/h3-5,7H,6H2,1-2H3,(H2,12,13,15,16). The first-order valence-corrected chi connectivity index (χ1v) is 6.35. The number of urea groups is 1. The predicted molar refractivity (Wildman–Crippen MR) is 68.7 cm³/mol. The van der Waals surface area contributed by atoms with Crippen LogP contribution < -0.4 is 10.6 Å². The lowest BCUT2D eigenvalue weighted by Gasteiger charge is -2.12. The van der Waals surface area contributed by atoms with E-state index in [-0.39, 0.29) is 12.1 Å². The lowest BCUT2D eigenvalue weighted by molar-refractivity contribution is 0.248. The van der Waals surface area contributed by atoms with E-state index in [2.05, 4.69) is 20.8 Å². The molecule has 0 spiro atoms. The molecule has 0 saturated carbocycles. The minimum Gasteiger partial charge on any atom is -0.469 e. The van der Waals surface area contributed by atoms with Gasteiger partial charge in [0.1, 0.15) is 10.8 Å². The summed E-state index contributed by atoms with van der Waals surface area (Å²) in [7, 11) is 0. The van der Waals surface area contributed by atoms with E-state index in [4.69, 9.17) is 4.42 Å². The van der Waals surface area contributed by atoms with Crippen LogP contribution in [-0.2, 0) is 6.42 Å². The molecule has 1 atom stereocenters. The second-order valence-corrected chi connectivity index (χ2v) is 5.09. The number of aryl methyl sites for hydroxylation is 1. The summed E-state index contributed by atoms with van der Waals surface area (Å²) in [6, 6.07) is 3.39. The molecule has 0 radical (unpaired) electrons. The predicted octanol–water partition coefficient (Wildman–Crippen LogP) is 2.19. The van der Waals surface area contributed by atoms with Gasteiger partial charge in [-0.2, -0.15) is 0 Å². The molecule has 0 aliphatic heterocycles. The van der Waals surface area contributed by atoms with Crippen LogP contribution in [0.25, 0.3) is 0 Å². The molecule has 96 valence electrons. The van der Waals surface area contributed by atoms with Gasteiger partial charge in [-0.3, -0.25) is 5.32 Å². The van der Waals surface area contributed by atoms with Gasteiger partial charge in [0.2, 0.25) is 5.13 Å². The number of hydrogen-bond acceptors (Lipinski definition) is 5. The Kier molecular flexibility index (Phi) is 3.93. The Bertz CT molecular complexity index is 509. The molecule has 0 aromatic carbocycles. The topological polar surface area (TPSA) is 80.0 Å². The number of nitrogens with one attached hydrogen (secondary N) is 2. The fraction of sp³-hybridized carbons (Fsp3) is 0.364. The van der Waals surface area contributed by atoms with Gasteiger partial charge < -0.3 is 9.73 Å². The maximum absolute atomic E-state index is 11.6. The number of rotatable bonds is 4.